The van der Waals surface area contributed by atoms with Gasteiger partial charge in [0.05, 0.1) is 6.61 Å². The van der Waals surface area contributed by atoms with Crippen LogP contribution in [0.15, 0.2) is 0 Å². The van der Waals surface area contributed by atoms with E-state index in [1.807, 2.05) is 0 Å². The van der Waals surface area contributed by atoms with Crippen LogP contribution in [-0.4, -0.2) is 70.7 Å². The number of aliphatic hydroxyl groups is 3. The lowest BCUT2D eigenvalue weighted by Gasteiger charge is -2.31. The highest BCUT2D eigenvalue weighted by molar-refractivity contribution is 5.85. The highest BCUT2D eigenvalue weighted by Gasteiger charge is 2.42. The van der Waals surface area contributed by atoms with E-state index in [9.17, 15) is 29.7 Å². The van der Waals surface area contributed by atoms with Gasteiger partial charge in [0.15, 0.2) is 6.10 Å². The molecule has 0 aromatic carbocycles. The molecule has 1 amide bonds. The molecule has 0 radical (unpaired) electrons. The van der Waals surface area contributed by atoms with Crippen LogP contribution >= 0.6 is 0 Å². The Balaban J connectivity index is 4.99. The molecule has 0 fully saturated rings. The molecule has 0 spiro atoms. The lowest BCUT2D eigenvalue weighted by molar-refractivity contribution is -0.188. The summed E-state index contributed by atoms with van der Waals surface area (Å²) in [6.45, 7) is 6.20. The Labute approximate surface area is 351 Å². The standard InChI is InChI=1S/C48H93NO8/c1-4-7-10-13-16-19-20-21-22-23-24-25-28-31-34-37-40-49-48(55)47(57-44(53)39-36-33-30-27-18-15-12-9-6-3)46(45(54)42(51)41-50)56-43(52)38-35-32-29-26-17-14-11-8-5-2/h42,45-47,50-51,54H,4-41H2,1-3H3,(H,49,55)/t42-,45-,46+,47-/m1/s1. The van der Waals surface area contributed by atoms with Crippen molar-refractivity contribution in [2.45, 2.75) is 276 Å². The first-order valence-corrected chi connectivity index (χ1v) is 24.5. The first-order chi connectivity index (χ1) is 27.8. The van der Waals surface area contributed by atoms with E-state index in [4.69, 9.17) is 9.47 Å². The van der Waals surface area contributed by atoms with E-state index >= 15 is 0 Å². The molecular weight excluding hydrogens is 719 g/mol. The lowest BCUT2D eigenvalue weighted by Crippen LogP contribution is -2.55. The number of rotatable bonds is 44. The Morgan fingerprint density at radius 2 is 0.737 bits per heavy atom. The molecule has 0 bridgehead atoms. The van der Waals surface area contributed by atoms with Crippen molar-refractivity contribution >= 4 is 17.8 Å². The molecule has 0 aliphatic carbocycles. The number of hydrogen-bond acceptors (Lipinski definition) is 8. The molecule has 338 valence electrons. The fraction of sp³-hybridized carbons (Fsp3) is 0.938. The quantitative estimate of drug-likeness (QED) is 0.0352. The van der Waals surface area contributed by atoms with Crippen LogP contribution in [0.25, 0.3) is 0 Å². The van der Waals surface area contributed by atoms with Gasteiger partial charge >= 0.3 is 11.9 Å². The van der Waals surface area contributed by atoms with E-state index in [0.29, 0.717) is 19.4 Å². The van der Waals surface area contributed by atoms with Crippen molar-refractivity contribution in [3.8, 4) is 0 Å². The van der Waals surface area contributed by atoms with Gasteiger partial charge in [0, 0.05) is 19.4 Å². The molecule has 9 nitrogen and oxygen atoms in total. The smallest absolute Gasteiger partial charge is 0.306 e. The maximum absolute atomic E-state index is 13.6. The molecule has 4 atom stereocenters. The zero-order chi connectivity index (χ0) is 42.0. The van der Waals surface area contributed by atoms with Crippen LogP contribution < -0.4 is 5.32 Å². The minimum Gasteiger partial charge on any atom is -0.455 e. The zero-order valence-corrected chi connectivity index (χ0v) is 37.6. The fourth-order valence-corrected chi connectivity index (χ4v) is 7.46. The molecule has 0 aromatic rings. The summed E-state index contributed by atoms with van der Waals surface area (Å²) >= 11 is 0. The topological polar surface area (TPSA) is 142 Å². The molecule has 4 N–H and O–H groups in total. The van der Waals surface area contributed by atoms with Gasteiger partial charge in [-0.3, -0.25) is 14.4 Å². The summed E-state index contributed by atoms with van der Waals surface area (Å²) in [5.41, 5.74) is 0. The van der Waals surface area contributed by atoms with Gasteiger partial charge in [-0.25, -0.2) is 0 Å². The lowest BCUT2D eigenvalue weighted by atomic mass is 10.0. The van der Waals surface area contributed by atoms with Crippen LogP contribution in [0.3, 0.4) is 0 Å². The molecule has 0 aliphatic heterocycles. The van der Waals surface area contributed by atoms with Gasteiger partial charge in [-0.2, -0.15) is 0 Å². The van der Waals surface area contributed by atoms with Crippen LogP contribution in [0, 0.1) is 0 Å². The Kier molecular flexibility index (Phi) is 41.1. The summed E-state index contributed by atoms with van der Waals surface area (Å²) in [7, 11) is 0. The normalized spacial score (nSPS) is 13.6. The third kappa shape index (κ3) is 34.8. The van der Waals surface area contributed by atoms with Gasteiger partial charge < -0.3 is 30.1 Å². The molecule has 57 heavy (non-hydrogen) atoms. The zero-order valence-electron chi connectivity index (χ0n) is 37.6. The summed E-state index contributed by atoms with van der Waals surface area (Å²) in [5, 5.41) is 33.9. The summed E-state index contributed by atoms with van der Waals surface area (Å²) in [6, 6.07) is 0. The minimum atomic E-state index is -1.83. The van der Waals surface area contributed by atoms with Gasteiger partial charge in [0.2, 0.25) is 6.10 Å². The van der Waals surface area contributed by atoms with E-state index in [2.05, 4.69) is 26.1 Å². The van der Waals surface area contributed by atoms with Gasteiger partial charge in [-0.05, 0) is 19.3 Å². The first-order valence-electron chi connectivity index (χ1n) is 24.5. The predicted octanol–water partition coefficient (Wildman–Crippen LogP) is 11.7. The predicted molar refractivity (Wildman–Crippen MR) is 235 cm³/mol. The number of carbonyl (C=O) groups excluding carboxylic acids is 3. The average molecular weight is 812 g/mol. The SMILES string of the molecule is CCCCCCCCCCCCCCCCCCNC(=O)[C@H](OC(=O)CCCCCCCCCCC)[C@@H](OC(=O)CCCCCCCCCCC)[C@H](O)[C@H](O)CO. The largest absolute Gasteiger partial charge is 0.455 e. The summed E-state index contributed by atoms with van der Waals surface area (Å²) in [6.07, 6.45) is 32.7. The number of amides is 1. The fourth-order valence-electron chi connectivity index (χ4n) is 7.46. The summed E-state index contributed by atoms with van der Waals surface area (Å²) < 4.78 is 11.3. The van der Waals surface area contributed by atoms with Crippen LogP contribution in [0.1, 0.15) is 252 Å². The van der Waals surface area contributed by atoms with Crippen LogP contribution in [0.4, 0.5) is 0 Å². The molecule has 0 aromatic heterocycles. The molecule has 0 unspecified atom stereocenters. The van der Waals surface area contributed by atoms with Crippen molar-refractivity contribution in [1.82, 2.24) is 5.32 Å². The number of unbranched alkanes of at least 4 members (excludes halogenated alkanes) is 31. The minimum absolute atomic E-state index is 0.0776. The van der Waals surface area contributed by atoms with E-state index in [-0.39, 0.29) is 12.8 Å². The van der Waals surface area contributed by atoms with Crippen molar-refractivity contribution in [1.29, 1.82) is 0 Å². The van der Waals surface area contributed by atoms with Crippen molar-refractivity contribution in [2.24, 2.45) is 0 Å². The van der Waals surface area contributed by atoms with Crippen molar-refractivity contribution in [3.05, 3.63) is 0 Å². The van der Waals surface area contributed by atoms with Gasteiger partial charge in [0.25, 0.3) is 5.91 Å². The third-order valence-corrected chi connectivity index (χ3v) is 11.3. The molecule has 9 heteroatoms. The number of nitrogens with one attached hydrogen (secondary N) is 1. The second kappa shape index (κ2) is 42.4. The molecule has 0 saturated carbocycles. The average Bonchev–Trinajstić information content (AvgIpc) is 3.21. The van der Waals surface area contributed by atoms with Crippen molar-refractivity contribution < 1.29 is 39.2 Å². The third-order valence-electron chi connectivity index (χ3n) is 11.3. The number of aliphatic hydroxyl groups excluding tert-OH is 3. The molecule has 0 heterocycles. The highest BCUT2D eigenvalue weighted by atomic mass is 16.6. The van der Waals surface area contributed by atoms with E-state index in [1.165, 1.54) is 141 Å². The Morgan fingerprint density at radius 3 is 1.07 bits per heavy atom. The Morgan fingerprint density at radius 1 is 0.439 bits per heavy atom. The van der Waals surface area contributed by atoms with Crippen molar-refractivity contribution in [2.75, 3.05) is 13.2 Å². The monoisotopic (exact) mass is 812 g/mol. The number of esters is 2. The van der Waals surface area contributed by atoms with E-state index in [1.54, 1.807) is 0 Å². The number of carbonyl (C=O) groups is 3. The van der Waals surface area contributed by atoms with Crippen molar-refractivity contribution in [3.63, 3.8) is 0 Å². The maximum atomic E-state index is 13.6. The maximum Gasteiger partial charge on any atom is 0.306 e. The van der Waals surface area contributed by atoms with Crippen LogP contribution in [0.5, 0.6) is 0 Å². The Bertz CT molecular complexity index is 902. The molecular formula is C48H93NO8. The molecule has 0 saturated heterocycles. The van der Waals surface area contributed by atoms with Gasteiger partial charge in [-0.15, -0.1) is 0 Å². The van der Waals surface area contributed by atoms with Gasteiger partial charge in [0.1, 0.15) is 12.2 Å². The van der Waals surface area contributed by atoms with Crippen LogP contribution in [0.2, 0.25) is 0 Å². The second-order valence-corrected chi connectivity index (χ2v) is 16.9. The summed E-state index contributed by atoms with van der Waals surface area (Å²) in [4.78, 5) is 39.7. The highest BCUT2D eigenvalue weighted by Crippen LogP contribution is 2.19. The van der Waals surface area contributed by atoms with Gasteiger partial charge in [-0.1, -0.05) is 220 Å². The second-order valence-electron chi connectivity index (χ2n) is 16.9. The molecule has 0 aliphatic rings. The molecule has 0 rings (SSSR count). The van der Waals surface area contributed by atoms with E-state index < -0.39 is 48.9 Å². The number of ether oxygens (including phenoxy) is 2. The first kappa shape index (κ1) is 55.3. The Hall–Kier alpha value is -1.71. The summed E-state index contributed by atoms with van der Waals surface area (Å²) in [5.74, 6) is -1.94. The van der Waals surface area contributed by atoms with Crippen LogP contribution in [-0.2, 0) is 23.9 Å². The number of hydrogen-bond donors (Lipinski definition) is 4. The van der Waals surface area contributed by atoms with E-state index in [0.717, 1.165) is 64.2 Å².